The third kappa shape index (κ3) is 6.44. The summed E-state index contributed by atoms with van der Waals surface area (Å²) in [6, 6.07) is 5.76. The first-order valence-corrected chi connectivity index (χ1v) is 10.2. The molecule has 0 aromatic heterocycles. The fourth-order valence-corrected chi connectivity index (χ4v) is 4.45. The van der Waals surface area contributed by atoms with Crippen molar-refractivity contribution in [2.45, 2.75) is 66.0 Å². The fraction of sp³-hybridized carbons (Fsp3) is 0.667. The average Bonchev–Trinajstić information content (AvgIpc) is 2.49. The number of likely N-dealkylation sites (tertiary alicyclic amines) is 1. The highest BCUT2D eigenvalue weighted by molar-refractivity contribution is 6.42. The summed E-state index contributed by atoms with van der Waals surface area (Å²) in [5, 5.41) is 4.50. The Labute approximate surface area is 168 Å². The SMILES string of the molecule is CC(C)(C)CC(C)(C)NC(=O)C1CCN(Cc2cccc(Cl)c2Cl)CC1. The van der Waals surface area contributed by atoms with Gasteiger partial charge in [-0.2, -0.15) is 0 Å². The minimum atomic E-state index is -0.180. The lowest BCUT2D eigenvalue weighted by atomic mass is 9.81. The second kappa shape index (κ2) is 8.50. The maximum absolute atomic E-state index is 12.7. The molecule has 0 spiro atoms. The Hall–Kier alpha value is -0.770. The van der Waals surface area contributed by atoms with Crippen LogP contribution < -0.4 is 5.32 Å². The topological polar surface area (TPSA) is 32.3 Å². The number of hydrogen-bond acceptors (Lipinski definition) is 2. The predicted octanol–water partition coefficient (Wildman–Crippen LogP) is 5.54. The smallest absolute Gasteiger partial charge is 0.223 e. The standard InChI is InChI=1S/C21H32Cl2N2O/c1-20(2,3)14-21(4,5)24-19(26)15-9-11-25(12-10-15)13-16-7-6-8-17(22)18(16)23/h6-8,15H,9-14H2,1-5H3,(H,24,26). The van der Waals surface area contributed by atoms with E-state index < -0.39 is 0 Å². The first-order chi connectivity index (χ1) is 12.0. The number of benzene rings is 1. The van der Waals surface area contributed by atoms with Crippen molar-refractivity contribution in [1.29, 1.82) is 0 Å². The second-order valence-corrected chi connectivity index (χ2v) is 10.2. The van der Waals surface area contributed by atoms with E-state index in [9.17, 15) is 4.79 Å². The van der Waals surface area contributed by atoms with E-state index in [1.54, 1.807) is 0 Å². The van der Waals surface area contributed by atoms with Crippen LogP contribution in [0.4, 0.5) is 0 Å². The molecule has 5 heteroatoms. The lowest BCUT2D eigenvalue weighted by molar-refractivity contribution is -0.128. The van der Waals surface area contributed by atoms with Crippen LogP contribution in [0.5, 0.6) is 0 Å². The Kier molecular flexibility index (Phi) is 7.04. The van der Waals surface area contributed by atoms with Gasteiger partial charge in [0, 0.05) is 18.0 Å². The van der Waals surface area contributed by atoms with Gasteiger partial charge in [0.1, 0.15) is 0 Å². The quantitative estimate of drug-likeness (QED) is 0.705. The molecule has 26 heavy (non-hydrogen) atoms. The lowest BCUT2D eigenvalue weighted by Gasteiger charge is -2.36. The minimum Gasteiger partial charge on any atom is -0.351 e. The molecule has 0 bridgehead atoms. The highest BCUT2D eigenvalue weighted by Crippen LogP contribution is 2.29. The number of hydrogen-bond donors (Lipinski definition) is 1. The number of carbonyl (C=O) groups is 1. The Morgan fingerprint density at radius 1 is 1.15 bits per heavy atom. The third-order valence-electron chi connectivity index (χ3n) is 4.82. The zero-order valence-corrected chi connectivity index (χ0v) is 18.2. The number of halogens is 2. The van der Waals surface area contributed by atoms with Gasteiger partial charge in [0.15, 0.2) is 0 Å². The second-order valence-electron chi connectivity index (χ2n) is 9.37. The van der Waals surface area contributed by atoms with Crippen LogP contribution in [0.25, 0.3) is 0 Å². The predicted molar refractivity (Wildman–Crippen MR) is 111 cm³/mol. The summed E-state index contributed by atoms with van der Waals surface area (Å²) in [4.78, 5) is 15.0. The van der Waals surface area contributed by atoms with Crippen LogP contribution in [0.1, 0.15) is 59.4 Å². The van der Waals surface area contributed by atoms with Crippen LogP contribution in [0, 0.1) is 11.3 Å². The lowest BCUT2D eigenvalue weighted by Crippen LogP contribution is -2.49. The normalized spacial score (nSPS) is 17.3. The molecule has 146 valence electrons. The summed E-state index contributed by atoms with van der Waals surface area (Å²) < 4.78 is 0. The molecule has 0 radical (unpaired) electrons. The van der Waals surface area contributed by atoms with Gasteiger partial charge < -0.3 is 5.32 Å². The van der Waals surface area contributed by atoms with Crippen molar-refractivity contribution in [2.75, 3.05) is 13.1 Å². The van der Waals surface area contributed by atoms with Crippen molar-refractivity contribution in [3.05, 3.63) is 33.8 Å². The van der Waals surface area contributed by atoms with Gasteiger partial charge in [-0.15, -0.1) is 0 Å². The van der Waals surface area contributed by atoms with Crippen molar-refractivity contribution < 1.29 is 4.79 Å². The molecule has 1 amide bonds. The molecule has 1 N–H and O–H groups in total. The summed E-state index contributed by atoms with van der Waals surface area (Å²) in [6.45, 7) is 13.4. The van der Waals surface area contributed by atoms with Crippen LogP contribution in [-0.2, 0) is 11.3 Å². The van der Waals surface area contributed by atoms with E-state index in [0.29, 0.717) is 10.0 Å². The summed E-state index contributed by atoms with van der Waals surface area (Å²) in [7, 11) is 0. The molecular formula is C21H32Cl2N2O. The Bertz CT molecular complexity index is 629. The number of amides is 1. The van der Waals surface area contributed by atoms with Gasteiger partial charge >= 0.3 is 0 Å². The van der Waals surface area contributed by atoms with Crippen LogP contribution in [-0.4, -0.2) is 29.4 Å². The van der Waals surface area contributed by atoms with E-state index in [1.165, 1.54) is 0 Å². The molecule has 1 fully saturated rings. The first-order valence-electron chi connectivity index (χ1n) is 9.44. The highest BCUT2D eigenvalue weighted by Gasteiger charge is 2.31. The first kappa shape index (κ1) is 21.5. The molecule has 0 atom stereocenters. The molecule has 0 unspecified atom stereocenters. The minimum absolute atomic E-state index is 0.0975. The van der Waals surface area contributed by atoms with Crippen molar-refractivity contribution in [3.63, 3.8) is 0 Å². The molecule has 0 saturated carbocycles. The molecule has 1 saturated heterocycles. The molecule has 2 rings (SSSR count). The number of piperidine rings is 1. The van der Waals surface area contributed by atoms with E-state index >= 15 is 0 Å². The van der Waals surface area contributed by atoms with E-state index in [1.807, 2.05) is 18.2 Å². The van der Waals surface area contributed by atoms with Gasteiger partial charge in [-0.25, -0.2) is 0 Å². The van der Waals surface area contributed by atoms with E-state index in [0.717, 1.165) is 44.5 Å². The molecule has 3 nitrogen and oxygen atoms in total. The Morgan fingerprint density at radius 2 is 1.77 bits per heavy atom. The van der Waals surface area contributed by atoms with Gasteiger partial charge in [0.2, 0.25) is 5.91 Å². The zero-order chi connectivity index (χ0) is 19.5. The van der Waals surface area contributed by atoms with E-state index in [4.69, 9.17) is 23.2 Å². The number of nitrogens with one attached hydrogen (secondary N) is 1. The number of rotatable bonds is 5. The van der Waals surface area contributed by atoms with Gasteiger partial charge in [0.05, 0.1) is 10.0 Å². The number of carbonyl (C=O) groups excluding carboxylic acids is 1. The molecule has 1 aliphatic rings. The monoisotopic (exact) mass is 398 g/mol. The Balaban J connectivity index is 1.86. The fourth-order valence-electron chi connectivity index (χ4n) is 4.07. The molecule has 1 aliphatic heterocycles. The van der Waals surface area contributed by atoms with Gasteiger partial charge in [-0.3, -0.25) is 9.69 Å². The van der Waals surface area contributed by atoms with Crippen LogP contribution >= 0.6 is 23.2 Å². The molecule has 1 aromatic rings. The summed E-state index contributed by atoms with van der Waals surface area (Å²) in [5.74, 6) is 0.292. The summed E-state index contributed by atoms with van der Waals surface area (Å²) >= 11 is 12.4. The van der Waals surface area contributed by atoms with Crippen molar-refractivity contribution >= 4 is 29.1 Å². The molecule has 1 heterocycles. The van der Waals surface area contributed by atoms with Gasteiger partial charge in [-0.1, -0.05) is 56.1 Å². The number of nitrogens with zero attached hydrogens (tertiary/aromatic N) is 1. The highest BCUT2D eigenvalue weighted by atomic mass is 35.5. The molecule has 1 aromatic carbocycles. The van der Waals surface area contributed by atoms with Gasteiger partial charge in [0.25, 0.3) is 0 Å². The van der Waals surface area contributed by atoms with Crippen molar-refractivity contribution in [2.24, 2.45) is 11.3 Å². The Morgan fingerprint density at radius 3 is 2.35 bits per heavy atom. The van der Waals surface area contributed by atoms with Gasteiger partial charge in [-0.05, 0) is 63.2 Å². The maximum Gasteiger partial charge on any atom is 0.223 e. The molecular weight excluding hydrogens is 367 g/mol. The average molecular weight is 399 g/mol. The molecule has 0 aliphatic carbocycles. The largest absolute Gasteiger partial charge is 0.351 e. The van der Waals surface area contributed by atoms with Crippen LogP contribution in [0.3, 0.4) is 0 Å². The maximum atomic E-state index is 12.7. The summed E-state index contributed by atoms with van der Waals surface area (Å²) in [5.41, 5.74) is 1.06. The summed E-state index contributed by atoms with van der Waals surface area (Å²) in [6.07, 6.45) is 2.73. The van der Waals surface area contributed by atoms with Crippen molar-refractivity contribution in [1.82, 2.24) is 10.2 Å². The van der Waals surface area contributed by atoms with E-state index in [-0.39, 0.29) is 22.8 Å². The van der Waals surface area contributed by atoms with E-state index in [2.05, 4.69) is 44.8 Å². The third-order valence-corrected chi connectivity index (χ3v) is 5.68. The van der Waals surface area contributed by atoms with Crippen LogP contribution in [0.15, 0.2) is 18.2 Å². The zero-order valence-electron chi connectivity index (χ0n) is 16.7. The van der Waals surface area contributed by atoms with Crippen molar-refractivity contribution in [3.8, 4) is 0 Å². The van der Waals surface area contributed by atoms with Crippen LogP contribution in [0.2, 0.25) is 10.0 Å².